The fourth-order valence-electron chi connectivity index (χ4n) is 7.82. The number of para-hydroxylation sites is 3. The summed E-state index contributed by atoms with van der Waals surface area (Å²) in [5, 5.41) is 8.92. The summed E-state index contributed by atoms with van der Waals surface area (Å²) >= 11 is 0. The first-order chi connectivity index (χ1) is 25.8. The fraction of sp³-hybridized carbons (Fsp3) is 0. The summed E-state index contributed by atoms with van der Waals surface area (Å²) in [6.45, 7) is 0. The molecule has 0 spiro atoms. The van der Waals surface area contributed by atoms with Crippen LogP contribution in [0.3, 0.4) is 0 Å². The van der Waals surface area contributed by atoms with Gasteiger partial charge in [0.1, 0.15) is 11.2 Å². The zero-order chi connectivity index (χ0) is 34.2. The first-order valence-electron chi connectivity index (χ1n) is 17.4. The molecule has 3 aromatic heterocycles. The van der Waals surface area contributed by atoms with Crippen molar-refractivity contribution in [2.75, 3.05) is 0 Å². The zero-order valence-corrected chi connectivity index (χ0v) is 27.9. The lowest BCUT2D eigenvalue weighted by atomic mass is 9.97. The van der Waals surface area contributed by atoms with Crippen LogP contribution in [-0.4, -0.2) is 19.5 Å². The number of nitrogens with zero attached hydrogens (tertiary/aromatic N) is 4. The molecule has 0 aliphatic carbocycles. The Morgan fingerprint density at radius 2 is 0.942 bits per heavy atom. The molecule has 52 heavy (non-hydrogen) atoms. The molecule has 0 fully saturated rings. The van der Waals surface area contributed by atoms with E-state index in [0.29, 0.717) is 17.5 Å². The largest absolute Gasteiger partial charge is 0.456 e. The van der Waals surface area contributed by atoms with Crippen LogP contribution in [-0.2, 0) is 0 Å². The van der Waals surface area contributed by atoms with E-state index in [2.05, 4.69) is 156 Å². The Morgan fingerprint density at radius 1 is 0.385 bits per heavy atom. The van der Waals surface area contributed by atoms with Gasteiger partial charge in [0, 0.05) is 43.9 Å². The van der Waals surface area contributed by atoms with Crippen molar-refractivity contribution in [2.24, 2.45) is 0 Å². The maximum atomic E-state index is 6.44. The molecule has 0 aliphatic heterocycles. The Morgan fingerprint density at radius 3 is 1.69 bits per heavy atom. The highest BCUT2D eigenvalue weighted by atomic mass is 16.3. The van der Waals surface area contributed by atoms with Gasteiger partial charge in [-0.2, -0.15) is 0 Å². The smallest absolute Gasteiger partial charge is 0.165 e. The van der Waals surface area contributed by atoms with Crippen molar-refractivity contribution >= 4 is 65.3 Å². The van der Waals surface area contributed by atoms with Crippen molar-refractivity contribution < 1.29 is 4.42 Å². The van der Waals surface area contributed by atoms with Crippen molar-refractivity contribution in [2.45, 2.75) is 0 Å². The molecule has 242 valence electrons. The number of benzene rings is 8. The number of hydrogen-bond acceptors (Lipinski definition) is 4. The van der Waals surface area contributed by atoms with Crippen LogP contribution in [0.4, 0.5) is 0 Å². The summed E-state index contributed by atoms with van der Waals surface area (Å²) in [5.74, 6) is 1.83. The van der Waals surface area contributed by atoms with Gasteiger partial charge in [0.25, 0.3) is 0 Å². The van der Waals surface area contributed by atoms with Gasteiger partial charge in [-0.25, -0.2) is 15.0 Å². The Bertz CT molecular complexity index is 3140. The van der Waals surface area contributed by atoms with E-state index in [1.807, 2.05) is 18.2 Å². The maximum Gasteiger partial charge on any atom is 0.165 e. The molecule has 3 heterocycles. The van der Waals surface area contributed by atoms with Gasteiger partial charge in [-0.15, -0.1) is 0 Å². The molecule has 0 aliphatic rings. The maximum absolute atomic E-state index is 6.44. The van der Waals surface area contributed by atoms with Gasteiger partial charge < -0.3 is 8.98 Å². The average molecular weight is 665 g/mol. The van der Waals surface area contributed by atoms with Gasteiger partial charge in [0.2, 0.25) is 0 Å². The van der Waals surface area contributed by atoms with Crippen molar-refractivity contribution in [3.63, 3.8) is 0 Å². The molecule has 0 saturated carbocycles. The van der Waals surface area contributed by atoms with E-state index >= 15 is 0 Å². The summed E-state index contributed by atoms with van der Waals surface area (Å²) < 4.78 is 8.76. The molecule has 11 rings (SSSR count). The Balaban J connectivity index is 1.16. The first-order valence-corrected chi connectivity index (χ1v) is 17.4. The van der Waals surface area contributed by atoms with Crippen LogP contribution in [0.15, 0.2) is 174 Å². The molecule has 5 nitrogen and oxygen atoms in total. The van der Waals surface area contributed by atoms with E-state index < -0.39 is 0 Å². The van der Waals surface area contributed by atoms with Crippen LogP contribution >= 0.6 is 0 Å². The third kappa shape index (κ3) is 4.39. The summed E-state index contributed by atoms with van der Waals surface area (Å²) in [6.07, 6.45) is 0. The van der Waals surface area contributed by atoms with Crippen LogP contribution in [0.5, 0.6) is 0 Å². The molecule has 8 aromatic carbocycles. The molecule has 11 aromatic rings. The average Bonchev–Trinajstić information content (AvgIpc) is 3.75. The van der Waals surface area contributed by atoms with Crippen molar-refractivity contribution in [1.82, 2.24) is 19.5 Å². The quantitative estimate of drug-likeness (QED) is 0.188. The first kappa shape index (κ1) is 28.7. The minimum absolute atomic E-state index is 0.605. The second kappa shape index (κ2) is 11.2. The lowest BCUT2D eigenvalue weighted by Crippen LogP contribution is -2.01. The highest BCUT2D eigenvalue weighted by Gasteiger charge is 2.21. The lowest BCUT2D eigenvalue weighted by molar-refractivity contribution is 0.669. The number of furan rings is 1. The lowest BCUT2D eigenvalue weighted by Gasteiger charge is -2.13. The van der Waals surface area contributed by atoms with Gasteiger partial charge in [0.15, 0.2) is 17.5 Å². The number of fused-ring (bicyclic) bond motifs is 8. The molecule has 0 radical (unpaired) electrons. The van der Waals surface area contributed by atoms with Crippen molar-refractivity contribution in [3.8, 4) is 39.9 Å². The third-order valence-electron chi connectivity index (χ3n) is 10.2. The van der Waals surface area contributed by atoms with E-state index in [1.165, 1.54) is 27.2 Å². The Kier molecular flexibility index (Phi) is 6.18. The van der Waals surface area contributed by atoms with E-state index in [9.17, 15) is 0 Å². The molecule has 0 atom stereocenters. The van der Waals surface area contributed by atoms with Gasteiger partial charge >= 0.3 is 0 Å². The Labute approximate surface area is 298 Å². The van der Waals surface area contributed by atoms with E-state index in [4.69, 9.17) is 19.4 Å². The third-order valence-corrected chi connectivity index (χ3v) is 10.2. The van der Waals surface area contributed by atoms with Crippen LogP contribution in [0, 0.1) is 0 Å². The standard InChI is InChI=1S/C47H28N4O/c1-2-12-31-27-33(22-21-29(31)11-1)46-48-45(30-23-25-34(26-24-30)51-39-18-8-5-15-36(39)37-16-6-9-19-40(37)51)49-47(50-46)44-35-14-4-3-13-32(35)28-42-43(44)38-17-7-10-20-41(38)52-42/h1-28H. The van der Waals surface area contributed by atoms with Gasteiger partial charge in [-0.05, 0) is 76.1 Å². The van der Waals surface area contributed by atoms with Crippen LogP contribution < -0.4 is 0 Å². The second-order valence-corrected chi connectivity index (χ2v) is 13.2. The molecule has 5 heteroatoms. The summed E-state index contributed by atoms with van der Waals surface area (Å²) in [7, 11) is 0. The summed E-state index contributed by atoms with van der Waals surface area (Å²) in [6, 6.07) is 59.2. The Hall–Kier alpha value is -7.11. The second-order valence-electron chi connectivity index (χ2n) is 13.2. The highest BCUT2D eigenvalue weighted by Crippen LogP contribution is 2.41. The van der Waals surface area contributed by atoms with Gasteiger partial charge in [-0.3, -0.25) is 0 Å². The van der Waals surface area contributed by atoms with Crippen LogP contribution in [0.1, 0.15) is 0 Å². The molecular formula is C47H28N4O. The van der Waals surface area contributed by atoms with Crippen LogP contribution in [0.2, 0.25) is 0 Å². The fourth-order valence-corrected chi connectivity index (χ4v) is 7.82. The minimum Gasteiger partial charge on any atom is -0.456 e. The molecule has 0 unspecified atom stereocenters. The molecule has 0 amide bonds. The number of aromatic nitrogens is 4. The summed E-state index contributed by atoms with van der Waals surface area (Å²) in [5.41, 5.74) is 7.83. The zero-order valence-electron chi connectivity index (χ0n) is 27.9. The van der Waals surface area contributed by atoms with Crippen LogP contribution in [0.25, 0.3) is 105 Å². The normalized spacial score (nSPS) is 11.8. The van der Waals surface area contributed by atoms with Crippen molar-refractivity contribution in [1.29, 1.82) is 0 Å². The van der Waals surface area contributed by atoms with E-state index in [-0.39, 0.29) is 0 Å². The minimum atomic E-state index is 0.605. The topological polar surface area (TPSA) is 56.7 Å². The van der Waals surface area contributed by atoms with Crippen molar-refractivity contribution in [3.05, 3.63) is 170 Å². The predicted octanol–water partition coefficient (Wildman–Crippen LogP) is 12.2. The molecule has 0 saturated heterocycles. The van der Waals surface area contributed by atoms with Gasteiger partial charge in [-0.1, -0.05) is 115 Å². The summed E-state index contributed by atoms with van der Waals surface area (Å²) in [4.78, 5) is 15.7. The number of rotatable bonds is 4. The molecular weight excluding hydrogens is 637 g/mol. The SMILES string of the molecule is c1ccc2cc(-c3nc(-c4ccc(-n5c6ccccc6c6ccccc65)cc4)nc(-c4c5ccccc5cc5oc6ccccc6c45)n3)ccc2c1. The highest BCUT2D eigenvalue weighted by molar-refractivity contribution is 6.20. The van der Waals surface area contributed by atoms with E-state index in [0.717, 1.165) is 60.5 Å². The number of hydrogen-bond donors (Lipinski definition) is 0. The predicted molar refractivity (Wildman–Crippen MR) is 213 cm³/mol. The molecule has 0 bridgehead atoms. The molecule has 0 N–H and O–H groups in total. The van der Waals surface area contributed by atoms with E-state index in [1.54, 1.807) is 0 Å². The van der Waals surface area contributed by atoms with Gasteiger partial charge in [0.05, 0.1) is 11.0 Å². The monoisotopic (exact) mass is 664 g/mol.